The van der Waals surface area contributed by atoms with Gasteiger partial charge in [-0.15, -0.1) is 0 Å². The van der Waals surface area contributed by atoms with Crippen molar-refractivity contribution in [1.82, 2.24) is 24.9 Å². The smallest absolute Gasteiger partial charge is 0.277 e. The van der Waals surface area contributed by atoms with Gasteiger partial charge in [-0.3, -0.25) is 9.78 Å². The predicted octanol–water partition coefficient (Wildman–Crippen LogP) is 4.26. The predicted molar refractivity (Wildman–Crippen MR) is 134 cm³/mol. The maximum atomic E-state index is 14.1. The van der Waals surface area contributed by atoms with Crippen LogP contribution in [0.25, 0.3) is 17.0 Å². The fourth-order valence-corrected chi connectivity index (χ4v) is 5.03. The first-order valence-electron chi connectivity index (χ1n) is 12.4. The van der Waals surface area contributed by atoms with E-state index >= 15 is 0 Å². The van der Waals surface area contributed by atoms with Crippen LogP contribution in [-0.2, 0) is 0 Å². The fourth-order valence-electron chi connectivity index (χ4n) is 5.03. The van der Waals surface area contributed by atoms with Gasteiger partial charge < -0.3 is 20.0 Å². The first-order chi connectivity index (χ1) is 17.8. The molecule has 6 rings (SSSR count). The Balaban J connectivity index is 1.32. The van der Waals surface area contributed by atoms with E-state index in [4.69, 9.17) is 9.52 Å². The number of hydrogen-bond donors (Lipinski definition) is 2. The largest absolute Gasteiger partial charge is 0.444 e. The number of aromatic nitrogens is 4. The van der Waals surface area contributed by atoms with Crippen molar-refractivity contribution in [3.63, 3.8) is 0 Å². The molecular formula is C26H27F2N7O2. The number of nitrogens with zero attached hydrogens (tertiary/aromatic N) is 5. The van der Waals surface area contributed by atoms with Gasteiger partial charge in [0, 0.05) is 36.3 Å². The van der Waals surface area contributed by atoms with E-state index in [1.807, 2.05) is 19.1 Å². The van der Waals surface area contributed by atoms with Gasteiger partial charge in [-0.25, -0.2) is 18.3 Å². The third kappa shape index (κ3) is 4.78. The van der Waals surface area contributed by atoms with E-state index in [0.29, 0.717) is 28.7 Å². The summed E-state index contributed by atoms with van der Waals surface area (Å²) >= 11 is 0. The first kappa shape index (κ1) is 23.5. The Morgan fingerprint density at radius 2 is 2.08 bits per heavy atom. The van der Waals surface area contributed by atoms with E-state index in [1.54, 1.807) is 33.9 Å². The second-order valence-electron chi connectivity index (χ2n) is 9.74. The number of alkyl halides is 2. The number of rotatable bonds is 5. The third-order valence-electron chi connectivity index (χ3n) is 6.99. The van der Waals surface area contributed by atoms with Gasteiger partial charge in [-0.2, -0.15) is 5.10 Å². The number of carbonyl (C=O) groups excluding carboxylic acids is 1. The lowest BCUT2D eigenvalue weighted by molar-refractivity contribution is 0.0257. The van der Waals surface area contributed by atoms with E-state index in [2.05, 4.69) is 20.6 Å². The van der Waals surface area contributed by atoms with Gasteiger partial charge in [0.25, 0.3) is 11.8 Å². The van der Waals surface area contributed by atoms with Crippen molar-refractivity contribution in [3.05, 3.63) is 60.0 Å². The van der Waals surface area contributed by atoms with Crippen molar-refractivity contribution in [1.29, 1.82) is 0 Å². The van der Waals surface area contributed by atoms with Gasteiger partial charge in [0.15, 0.2) is 5.69 Å². The van der Waals surface area contributed by atoms with E-state index < -0.39 is 18.4 Å². The Morgan fingerprint density at radius 1 is 1.24 bits per heavy atom. The van der Waals surface area contributed by atoms with Crippen LogP contribution in [0.2, 0.25) is 0 Å². The number of hydrogen-bond acceptors (Lipinski definition) is 7. The number of oxazole rings is 1. The molecule has 0 bridgehead atoms. The molecule has 0 saturated carbocycles. The molecule has 9 nitrogen and oxygen atoms in total. The SMILES string of the molecule is Cc1cc(-c2nc(C(=O)Nc3cc4cc(C5CCNCC5)nn4cc3N3CCC(F)(F)C3)co2)ccn1. The van der Waals surface area contributed by atoms with Crippen molar-refractivity contribution < 1.29 is 18.0 Å². The van der Waals surface area contributed by atoms with Gasteiger partial charge >= 0.3 is 0 Å². The van der Waals surface area contributed by atoms with Crippen molar-refractivity contribution in [2.24, 2.45) is 0 Å². The number of pyridine rings is 2. The summed E-state index contributed by atoms with van der Waals surface area (Å²) in [7, 11) is 0. The van der Waals surface area contributed by atoms with E-state index in [0.717, 1.165) is 42.8 Å². The topological polar surface area (TPSA) is 101 Å². The maximum absolute atomic E-state index is 14.1. The summed E-state index contributed by atoms with van der Waals surface area (Å²) in [6.07, 6.45) is 6.40. The van der Waals surface area contributed by atoms with Crippen LogP contribution < -0.4 is 15.5 Å². The third-order valence-corrected chi connectivity index (χ3v) is 6.99. The Hall–Kier alpha value is -3.86. The number of piperidine rings is 1. The van der Waals surface area contributed by atoms with Gasteiger partial charge in [0.2, 0.25) is 5.89 Å². The van der Waals surface area contributed by atoms with Crippen molar-refractivity contribution in [3.8, 4) is 11.5 Å². The van der Waals surface area contributed by atoms with Gasteiger partial charge in [0.1, 0.15) is 6.26 Å². The number of halogens is 2. The molecule has 0 aliphatic carbocycles. The Bertz CT molecular complexity index is 1460. The highest BCUT2D eigenvalue weighted by molar-refractivity contribution is 6.05. The fraction of sp³-hybridized carbons (Fsp3) is 0.385. The minimum Gasteiger partial charge on any atom is -0.444 e. The average Bonchev–Trinajstić information content (AvgIpc) is 3.62. The molecule has 0 aromatic carbocycles. The standard InChI is InChI=1S/C26H27F2N7O2/c1-16-10-18(4-8-30-16)25-32-22(14-37-25)24(36)31-21-12-19-11-20(17-2-6-29-7-3-17)33-35(19)13-23(21)34-9-5-26(27,28)15-34/h4,8,10-14,17,29H,2-3,5-7,9,15H2,1H3,(H,31,36). The van der Waals surface area contributed by atoms with Gasteiger partial charge in [-0.1, -0.05) is 0 Å². The van der Waals surface area contributed by atoms with Crippen molar-refractivity contribution >= 4 is 22.8 Å². The van der Waals surface area contributed by atoms with E-state index in [9.17, 15) is 13.6 Å². The van der Waals surface area contributed by atoms with E-state index in [1.165, 1.54) is 6.26 Å². The van der Waals surface area contributed by atoms with Crippen LogP contribution in [0.3, 0.4) is 0 Å². The summed E-state index contributed by atoms with van der Waals surface area (Å²) in [5.74, 6) is -2.64. The molecule has 6 heterocycles. The molecule has 4 aromatic rings. The summed E-state index contributed by atoms with van der Waals surface area (Å²) < 4.78 is 35.5. The molecular weight excluding hydrogens is 480 g/mol. The number of carbonyl (C=O) groups is 1. The van der Waals surface area contributed by atoms with Crippen molar-refractivity contribution in [2.45, 2.75) is 38.0 Å². The molecule has 37 heavy (non-hydrogen) atoms. The molecule has 2 fully saturated rings. The Morgan fingerprint density at radius 3 is 2.84 bits per heavy atom. The average molecular weight is 508 g/mol. The lowest BCUT2D eigenvalue weighted by Gasteiger charge is -2.22. The molecule has 2 aliphatic rings. The Labute approximate surface area is 211 Å². The second-order valence-corrected chi connectivity index (χ2v) is 9.74. The Kier molecular flexibility index (Phi) is 5.86. The highest BCUT2D eigenvalue weighted by Gasteiger charge is 2.39. The van der Waals surface area contributed by atoms with Crippen LogP contribution in [0.15, 0.2) is 47.3 Å². The molecule has 0 unspecified atom stereocenters. The molecule has 0 atom stereocenters. The van der Waals surface area contributed by atoms with Crippen LogP contribution in [0.1, 0.15) is 47.1 Å². The van der Waals surface area contributed by atoms with Crippen molar-refractivity contribution in [2.75, 3.05) is 36.4 Å². The second kappa shape index (κ2) is 9.22. The molecule has 2 N–H and O–H groups in total. The quantitative estimate of drug-likeness (QED) is 0.416. The summed E-state index contributed by atoms with van der Waals surface area (Å²) in [4.78, 5) is 23.3. The zero-order valence-electron chi connectivity index (χ0n) is 20.4. The van der Waals surface area contributed by atoms with Crippen LogP contribution >= 0.6 is 0 Å². The number of amides is 1. The highest BCUT2D eigenvalue weighted by atomic mass is 19.3. The lowest BCUT2D eigenvalue weighted by Crippen LogP contribution is -2.27. The zero-order chi connectivity index (χ0) is 25.6. The first-order valence-corrected chi connectivity index (χ1v) is 12.4. The number of fused-ring (bicyclic) bond motifs is 1. The summed E-state index contributed by atoms with van der Waals surface area (Å²) in [5, 5.41) is 11.0. The minimum atomic E-state index is -2.79. The van der Waals surface area contributed by atoms with Crippen LogP contribution in [-0.4, -0.2) is 57.6 Å². The molecule has 11 heteroatoms. The normalized spacial score (nSPS) is 18.0. The highest BCUT2D eigenvalue weighted by Crippen LogP contribution is 2.36. The molecule has 1 amide bonds. The monoisotopic (exact) mass is 507 g/mol. The number of aryl methyl sites for hydroxylation is 1. The zero-order valence-corrected chi connectivity index (χ0v) is 20.4. The van der Waals surface area contributed by atoms with E-state index in [-0.39, 0.29) is 18.7 Å². The molecule has 0 radical (unpaired) electrons. The van der Waals surface area contributed by atoms with Crippen LogP contribution in [0, 0.1) is 6.92 Å². The summed E-state index contributed by atoms with van der Waals surface area (Å²) in [6, 6.07) is 7.36. The molecule has 2 saturated heterocycles. The summed E-state index contributed by atoms with van der Waals surface area (Å²) in [5.41, 5.74) is 4.26. The molecule has 2 aliphatic heterocycles. The van der Waals surface area contributed by atoms with Gasteiger partial charge in [0.05, 0.1) is 35.3 Å². The maximum Gasteiger partial charge on any atom is 0.277 e. The number of nitrogens with one attached hydrogen (secondary N) is 2. The minimum absolute atomic E-state index is 0.0888. The summed E-state index contributed by atoms with van der Waals surface area (Å²) in [6.45, 7) is 3.49. The molecule has 4 aromatic heterocycles. The molecule has 192 valence electrons. The van der Waals surface area contributed by atoms with Gasteiger partial charge in [-0.05, 0) is 57.1 Å². The lowest BCUT2D eigenvalue weighted by atomic mass is 9.95. The van der Waals surface area contributed by atoms with Crippen LogP contribution in [0.4, 0.5) is 20.2 Å². The number of anilines is 2. The van der Waals surface area contributed by atoms with Crippen LogP contribution in [0.5, 0.6) is 0 Å². The molecule has 0 spiro atoms.